The zero-order chi connectivity index (χ0) is 19.2. The number of nitrogens with one attached hydrogen (secondary N) is 1. The number of hydrogen-bond donors (Lipinski definition) is 2. The van der Waals surface area contributed by atoms with Gasteiger partial charge in [-0.1, -0.05) is 32.0 Å². The Morgan fingerprint density at radius 1 is 1.37 bits per heavy atom. The maximum Gasteiger partial charge on any atom is 0.222 e. The highest BCUT2D eigenvalue weighted by Gasteiger charge is 2.68. The molecule has 27 heavy (non-hydrogen) atoms. The summed E-state index contributed by atoms with van der Waals surface area (Å²) in [6.45, 7) is 5.18. The monoisotopic (exact) mass is 373 g/mol. The second kappa shape index (κ2) is 6.78. The van der Waals surface area contributed by atoms with Gasteiger partial charge in [0.1, 0.15) is 5.75 Å². The Kier molecular flexibility index (Phi) is 4.71. The third-order valence-corrected chi connectivity index (χ3v) is 7.59. The number of aliphatic hydroxyl groups is 1. The maximum atomic E-state index is 12.4. The lowest BCUT2D eigenvalue weighted by atomic mass is 9.58. The van der Waals surface area contributed by atoms with Crippen LogP contribution in [0.3, 0.4) is 0 Å². The lowest BCUT2D eigenvalue weighted by Crippen LogP contribution is -2.59. The number of rotatable bonds is 5. The van der Waals surface area contributed by atoms with E-state index in [-0.39, 0.29) is 41.9 Å². The number of ether oxygens (including phenoxy) is 2. The van der Waals surface area contributed by atoms with Crippen molar-refractivity contribution in [2.75, 3.05) is 20.3 Å². The third kappa shape index (κ3) is 2.78. The van der Waals surface area contributed by atoms with Gasteiger partial charge in [-0.3, -0.25) is 4.79 Å². The molecule has 1 aliphatic heterocycles. The van der Waals surface area contributed by atoms with Crippen molar-refractivity contribution in [1.82, 2.24) is 5.32 Å². The van der Waals surface area contributed by atoms with Crippen molar-refractivity contribution in [3.05, 3.63) is 29.8 Å². The van der Waals surface area contributed by atoms with Gasteiger partial charge in [0.2, 0.25) is 5.91 Å². The highest BCUT2D eigenvalue weighted by atomic mass is 16.5. The first-order valence-electron chi connectivity index (χ1n) is 10.1. The molecule has 4 rings (SSSR count). The third-order valence-electron chi connectivity index (χ3n) is 7.59. The summed E-state index contributed by atoms with van der Waals surface area (Å²) >= 11 is 0. The molecular formula is C22H31NO4. The summed E-state index contributed by atoms with van der Waals surface area (Å²) in [6, 6.07) is 8.26. The van der Waals surface area contributed by atoms with Crippen LogP contribution in [-0.2, 0) is 9.53 Å². The Labute approximate surface area is 161 Å². The first kappa shape index (κ1) is 18.8. The maximum absolute atomic E-state index is 12.4. The molecule has 2 bridgehead atoms. The Bertz CT molecular complexity index is 718. The zero-order valence-corrected chi connectivity index (χ0v) is 16.5. The van der Waals surface area contributed by atoms with Crippen LogP contribution in [0.1, 0.15) is 51.2 Å². The molecule has 3 fully saturated rings. The van der Waals surface area contributed by atoms with E-state index in [4.69, 9.17) is 14.6 Å². The SMILES string of the molecule is COc1ccccc1[C@H]1OCCC23C[C@@H](C[C@H]12)C(C)(C)[C@H]3NC(=O)CCO. The average molecular weight is 373 g/mol. The van der Waals surface area contributed by atoms with Gasteiger partial charge in [-0.05, 0) is 48.0 Å². The minimum atomic E-state index is -0.105. The zero-order valence-electron chi connectivity index (χ0n) is 16.5. The highest BCUT2D eigenvalue weighted by Crippen LogP contribution is 2.70. The second-order valence-corrected chi connectivity index (χ2v) is 9.06. The minimum Gasteiger partial charge on any atom is -0.496 e. The summed E-state index contributed by atoms with van der Waals surface area (Å²) in [5.41, 5.74) is 1.24. The van der Waals surface area contributed by atoms with Gasteiger partial charge in [0.15, 0.2) is 0 Å². The Morgan fingerprint density at radius 3 is 2.89 bits per heavy atom. The molecule has 2 N–H and O–H groups in total. The molecule has 1 heterocycles. The van der Waals surface area contributed by atoms with Crippen LogP contribution in [0, 0.1) is 22.7 Å². The van der Waals surface area contributed by atoms with E-state index in [1.165, 1.54) is 0 Å². The smallest absolute Gasteiger partial charge is 0.222 e. The van der Waals surface area contributed by atoms with Crippen molar-refractivity contribution in [3.63, 3.8) is 0 Å². The molecule has 1 unspecified atom stereocenters. The molecule has 0 aromatic heterocycles. The number of para-hydroxylation sites is 1. The highest BCUT2D eigenvalue weighted by molar-refractivity contribution is 5.76. The van der Waals surface area contributed by atoms with Crippen LogP contribution in [0.4, 0.5) is 0 Å². The first-order valence-corrected chi connectivity index (χ1v) is 10.1. The summed E-state index contributed by atoms with van der Waals surface area (Å²) < 4.78 is 11.9. The van der Waals surface area contributed by atoms with Crippen molar-refractivity contribution in [2.45, 2.75) is 51.7 Å². The van der Waals surface area contributed by atoms with Gasteiger partial charge in [-0.15, -0.1) is 0 Å². The molecule has 2 saturated carbocycles. The van der Waals surface area contributed by atoms with Crippen LogP contribution in [-0.4, -0.2) is 37.4 Å². The Hall–Kier alpha value is -1.59. The fourth-order valence-corrected chi connectivity index (χ4v) is 6.33. The van der Waals surface area contributed by atoms with Gasteiger partial charge in [-0.25, -0.2) is 0 Å². The summed E-state index contributed by atoms with van der Waals surface area (Å²) in [5.74, 6) is 1.78. The molecule has 2 aliphatic carbocycles. The van der Waals surface area contributed by atoms with E-state index in [2.05, 4.69) is 25.2 Å². The van der Waals surface area contributed by atoms with E-state index in [0.29, 0.717) is 18.4 Å². The molecule has 5 heteroatoms. The van der Waals surface area contributed by atoms with Crippen LogP contribution in [0.25, 0.3) is 0 Å². The molecule has 3 aliphatic rings. The van der Waals surface area contributed by atoms with Gasteiger partial charge < -0.3 is 19.9 Å². The fraction of sp³-hybridized carbons (Fsp3) is 0.682. The molecule has 5 nitrogen and oxygen atoms in total. The second-order valence-electron chi connectivity index (χ2n) is 9.06. The molecule has 1 aromatic carbocycles. The van der Waals surface area contributed by atoms with Crippen LogP contribution in [0.2, 0.25) is 0 Å². The van der Waals surface area contributed by atoms with E-state index in [1.807, 2.05) is 18.2 Å². The number of aliphatic hydroxyl groups excluding tert-OH is 1. The van der Waals surface area contributed by atoms with Gasteiger partial charge >= 0.3 is 0 Å². The van der Waals surface area contributed by atoms with Crippen molar-refractivity contribution in [1.29, 1.82) is 0 Å². The number of benzene rings is 1. The Morgan fingerprint density at radius 2 is 2.15 bits per heavy atom. The molecule has 1 saturated heterocycles. The van der Waals surface area contributed by atoms with Gasteiger partial charge in [0, 0.05) is 24.6 Å². The minimum absolute atomic E-state index is 0.00763. The lowest BCUT2D eigenvalue weighted by Gasteiger charge is -2.53. The largest absolute Gasteiger partial charge is 0.496 e. The number of carbonyl (C=O) groups excluding carboxylic acids is 1. The van der Waals surface area contributed by atoms with Crippen molar-refractivity contribution in [2.24, 2.45) is 22.7 Å². The van der Waals surface area contributed by atoms with Crippen LogP contribution in [0.15, 0.2) is 24.3 Å². The van der Waals surface area contributed by atoms with E-state index in [9.17, 15) is 4.79 Å². The molecule has 0 radical (unpaired) electrons. The average Bonchev–Trinajstić information content (AvgIpc) is 3.14. The molecule has 1 aromatic rings. The van der Waals surface area contributed by atoms with Crippen molar-refractivity contribution < 1.29 is 19.4 Å². The number of methoxy groups -OCH3 is 1. The molecule has 1 amide bonds. The number of carbonyl (C=O) groups is 1. The lowest BCUT2D eigenvalue weighted by molar-refractivity contribution is -0.137. The van der Waals surface area contributed by atoms with Gasteiger partial charge in [0.05, 0.1) is 19.8 Å². The van der Waals surface area contributed by atoms with E-state index >= 15 is 0 Å². The van der Waals surface area contributed by atoms with Gasteiger partial charge in [-0.2, -0.15) is 0 Å². The van der Waals surface area contributed by atoms with Gasteiger partial charge in [0.25, 0.3) is 0 Å². The van der Waals surface area contributed by atoms with Crippen LogP contribution < -0.4 is 10.1 Å². The standard InChI is InChI=1S/C22H31NO4/c1-21(2)14-12-16-19(15-6-4-5-7-17(15)26-3)27-11-9-22(16,13-14)20(21)23-18(25)8-10-24/h4-7,14,16,19-20,24H,8-13H2,1-3H3,(H,23,25)/t14-,16-,19-,20-,22?/m1/s1. The normalized spacial score (nSPS) is 36.3. The summed E-state index contributed by atoms with van der Waals surface area (Å²) in [5, 5.41) is 12.5. The van der Waals surface area contributed by atoms with Crippen LogP contribution in [0.5, 0.6) is 5.75 Å². The molecule has 1 spiro atoms. The van der Waals surface area contributed by atoms with E-state index in [1.54, 1.807) is 7.11 Å². The predicted octanol–water partition coefficient (Wildman–Crippen LogP) is 3.08. The van der Waals surface area contributed by atoms with Crippen molar-refractivity contribution in [3.8, 4) is 5.75 Å². The summed E-state index contributed by atoms with van der Waals surface area (Å²) in [7, 11) is 1.71. The Balaban J connectivity index is 1.69. The summed E-state index contributed by atoms with van der Waals surface area (Å²) in [6.07, 6.45) is 3.43. The number of fused-ring (bicyclic) bond motifs is 1. The first-order chi connectivity index (χ1) is 12.9. The molecule has 148 valence electrons. The van der Waals surface area contributed by atoms with Crippen molar-refractivity contribution >= 4 is 5.91 Å². The number of hydrogen-bond acceptors (Lipinski definition) is 4. The predicted molar refractivity (Wildman–Crippen MR) is 102 cm³/mol. The molecule has 5 atom stereocenters. The molecular weight excluding hydrogens is 342 g/mol. The van der Waals surface area contributed by atoms with E-state index < -0.39 is 0 Å². The van der Waals surface area contributed by atoms with E-state index in [0.717, 1.165) is 30.6 Å². The number of amides is 1. The van der Waals surface area contributed by atoms with Crippen LogP contribution >= 0.6 is 0 Å². The fourth-order valence-electron chi connectivity index (χ4n) is 6.33. The topological polar surface area (TPSA) is 67.8 Å². The summed E-state index contributed by atoms with van der Waals surface area (Å²) in [4.78, 5) is 12.4. The quantitative estimate of drug-likeness (QED) is 0.832.